The van der Waals surface area contributed by atoms with Gasteiger partial charge in [0.15, 0.2) is 0 Å². The molecule has 158 valence electrons. The van der Waals surface area contributed by atoms with Crippen molar-refractivity contribution in [1.82, 2.24) is 15.5 Å². The second-order valence-corrected chi connectivity index (χ2v) is 8.03. The van der Waals surface area contributed by atoms with E-state index in [1.807, 2.05) is 24.3 Å². The van der Waals surface area contributed by atoms with E-state index in [0.29, 0.717) is 13.1 Å². The number of hydrogen-bond acceptors (Lipinski definition) is 4. The first kappa shape index (κ1) is 20.4. The molecule has 2 aromatic carbocycles. The lowest BCUT2D eigenvalue weighted by Gasteiger charge is -2.38. The quantitative estimate of drug-likeness (QED) is 0.733. The fourth-order valence-electron chi connectivity index (χ4n) is 4.57. The summed E-state index contributed by atoms with van der Waals surface area (Å²) >= 11 is 0. The maximum Gasteiger partial charge on any atom is 0.237 e. The van der Waals surface area contributed by atoms with Gasteiger partial charge in [0, 0.05) is 25.7 Å². The first-order valence-electron chi connectivity index (χ1n) is 10.6. The summed E-state index contributed by atoms with van der Waals surface area (Å²) in [6.45, 7) is 1.96. The van der Waals surface area contributed by atoms with Gasteiger partial charge in [0.1, 0.15) is 5.75 Å². The molecule has 0 aromatic heterocycles. The molecule has 0 radical (unpaired) electrons. The van der Waals surface area contributed by atoms with Crippen LogP contribution in [0.1, 0.15) is 23.1 Å². The molecule has 0 spiro atoms. The van der Waals surface area contributed by atoms with E-state index in [1.54, 1.807) is 7.11 Å². The van der Waals surface area contributed by atoms with Crippen LogP contribution in [-0.2, 0) is 28.9 Å². The van der Waals surface area contributed by atoms with E-state index in [1.165, 1.54) is 11.1 Å². The fourth-order valence-corrected chi connectivity index (χ4v) is 4.57. The number of amides is 2. The van der Waals surface area contributed by atoms with Gasteiger partial charge in [-0.05, 0) is 48.1 Å². The minimum atomic E-state index is -0.408. The summed E-state index contributed by atoms with van der Waals surface area (Å²) in [5, 5.41) is 5.91. The van der Waals surface area contributed by atoms with Crippen LogP contribution in [0.2, 0.25) is 0 Å². The van der Waals surface area contributed by atoms with Crippen molar-refractivity contribution in [1.29, 1.82) is 0 Å². The van der Waals surface area contributed by atoms with Crippen LogP contribution in [0, 0.1) is 0 Å². The van der Waals surface area contributed by atoms with Crippen molar-refractivity contribution in [3.8, 4) is 5.75 Å². The summed E-state index contributed by atoms with van der Waals surface area (Å²) in [4.78, 5) is 27.4. The van der Waals surface area contributed by atoms with Gasteiger partial charge >= 0.3 is 0 Å². The molecule has 2 amide bonds. The number of ether oxygens (including phenoxy) is 1. The molecule has 6 heteroatoms. The molecule has 2 N–H and O–H groups in total. The first-order valence-corrected chi connectivity index (χ1v) is 10.6. The SMILES string of the molecule is COc1cccc(CCNC(=O)C[C@@H]2C(=O)NCCN2C2Cc3ccccc3C2)c1. The van der Waals surface area contributed by atoms with Crippen LogP contribution in [0.4, 0.5) is 0 Å². The molecule has 1 fully saturated rings. The van der Waals surface area contributed by atoms with E-state index < -0.39 is 6.04 Å². The maximum absolute atomic E-state index is 12.6. The number of nitrogens with zero attached hydrogens (tertiary/aromatic N) is 1. The average Bonchev–Trinajstić information content (AvgIpc) is 3.19. The average molecular weight is 408 g/mol. The van der Waals surface area contributed by atoms with E-state index in [9.17, 15) is 9.59 Å². The summed E-state index contributed by atoms with van der Waals surface area (Å²) < 4.78 is 5.24. The Bertz CT molecular complexity index is 889. The van der Waals surface area contributed by atoms with Gasteiger partial charge in [0.2, 0.25) is 11.8 Å². The molecule has 1 aliphatic carbocycles. The molecule has 2 aliphatic rings. The van der Waals surface area contributed by atoms with Crippen LogP contribution in [0.3, 0.4) is 0 Å². The number of carbonyl (C=O) groups excluding carboxylic acids is 2. The Balaban J connectivity index is 1.33. The van der Waals surface area contributed by atoms with Crippen molar-refractivity contribution in [3.05, 3.63) is 65.2 Å². The fraction of sp³-hybridized carbons (Fsp3) is 0.417. The predicted octanol–water partition coefficient (Wildman–Crippen LogP) is 1.71. The number of piperazine rings is 1. The number of fused-ring (bicyclic) bond motifs is 1. The second kappa shape index (κ2) is 9.30. The standard InChI is InChI=1S/C24H29N3O3/c1-30-21-8-4-5-17(13-21)9-10-25-23(28)16-22-24(29)26-11-12-27(22)20-14-18-6-2-3-7-19(18)15-20/h2-8,13,20,22H,9-12,14-16H2,1H3,(H,25,28)(H,26,29)/t22-/m1/s1. The topological polar surface area (TPSA) is 70.7 Å². The van der Waals surface area contributed by atoms with Gasteiger partial charge in [-0.2, -0.15) is 0 Å². The van der Waals surface area contributed by atoms with Gasteiger partial charge < -0.3 is 15.4 Å². The molecule has 0 bridgehead atoms. The minimum Gasteiger partial charge on any atom is -0.497 e. The number of benzene rings is 2. The lowest BCUT2D eigenvalue weighted by atomic mass is 10.0. The molecule has 6 nitrogen and oxygen atoms in total. The Morgan fingerprint density at radius 3 is 2.67 bits per heavy atom. The third-order valence-electron chi connectivity index (χ3n) is 6.12. The van der Waals surface area contributed by atoms with E-state index >= 15 is 0 Å². The highest BCUT2D eigenvalue weighted by molar-refractivity contribution is 5.88. The molecule has 1 atom stereocenters. The summed E-state index contributed by atoms with van der Waals surface area (Å²) in [5.74, 6) is 0.687. The van der Waals surface area contributed by atoms with Gasteiger partial charge in [-0.15, -0.1) is 0 Å². The molecule has 0 unspecified atom stereocenters. The van der Waals surface area contributed by atoms with Crippen molar-refractivity contribution in [2.75, 3.05) is 26.7 Å². The van der Waals surface area contributed by atoms with Crippen molar-refractivity contribution >= 4 is 11.8 Å². The Kier molecular flexibility index (Phi) is 6.33. The molecule has 30 heavy (non-hydrogen) atoms. The highest BCUT2D eigenvalue weighted by atomic mass is 16.5. The first-order chi connectivity index (χ1) is 14.6. The number of carbonyl (C=O) groups is 2. The molecule has 4 rings (SSSR count). The Morgan fingerprint density at radius 2 is 1.93 bits per heavy atom. The molecule has 2 aromatic rings. The summed E-state index contributed by atoms with van der Waals surface area (Å²) in [5.41, 5.74) is 3.82. The summed E-state index contributed by atoms with van der Waals surface area (Å²) in [7, 11) is 1.64. The van der Waals surface area contributed by atoms with Crippen LogP contribution in [0.5, 0.6) is 5.75 Å². The van der Waals surface area contributed by atoms with E-state index in [2.05, 4.69) is 39.8 Å². The van der Waals surface area contributed by atoms with Crippen molar-refractivity contribution in [2.45, 2.75) is 37.8 Å². The van der Waals surface area contributed by atoms with Gasteiger partial charge in [-0.1, -0.05) is 36.4 Å². The number of nitrogens with one attached hydrogen (secondary N) is 2. The molecular weight excluding hydrogens is 378 g/mol. The van der Waals surface area contributed by atoms with E-state index in [0.717, 1.165) is 37.1 Å². The number of rotatable bonds is 7. The monoisotopic (exact) mass is 407 g/mol. The minimum absolute atomic E-state index is 0.0415. The third-order valence-corrected chi connectivity index (χ3v) is 6.12. The number of methoxy groups -OCH3 is 1. The highest BCUT2D eigenvalue weighted by Gasteiger charge is 2.37. The second-order valence-electron chi connectivity index (χ2n) is 8.03. The van der Waals surface area contributed by atoms with Crippen LogP contribution >= 0.6 is 0 Å². The lowest BCUT2D eigenvalue weighted by Crippen LogP contribution is -2.59. The van der Waals surface area contributed by atoms with Crippen LogP contribution < -0.4 is 15.4 Å². The molecule has 1 aliphatic heterocycles. The molecule has 0 saturated carbocycles. The zero-order chi connectivity index (χ0) is 20.9. The normalized spacial score (nSPS) is 19.2. The van der Waals surface area contributed by atoms with Gasteiger partial charge in [-0.3, -0.25) is 14.5 Å². The zero-order valence-electron chi connectivity index (χ0n) is 17.4. The van der Waals surface area contributed by atoms with Gasteiger partial charge in [0.25, 0.3) is 0 Å². The Morgan fingerprint density at radius 1 is 1.17 bits per heavy atom. The Labute approximate surface area is 177 Å². The largest absolute Gasteiger partial charge is 0.497 e. The zero-order valence-corrected chi connectivity index (χ0v) is 17.4. The van der Waals surface area contributed by atoms with Crippen molar-refractivity contribution in [2.24, 2.45) is 0 Å². The Hall–Kier alpha value is -2.86. The van der Waals surface area contributed by atoms with Crippen LogP contribution in [-0.4, -0.2) is 55.5 Å². The molecule has 1 heterocycles. The predicted molar refractivity (Wildman–Crippen MR) is 115 cm³/mol. The van der Waals surface area contributed by atoms with Crippen molar-refractivity contribution in [3.63, 3.8) is 0 Å². The van der Waals surface area contributed by atoms with E-state index in [4.69, 9.17) is 4.74 Å². The van der Waals surface area contributed by atoms with Crippen LogP contribution in [0.15, 0.2) is 48.5 Å². The van der Waals surface area contributed by atoms with Gasteiger partial charge in [0.05, 0.1) is 19.6 Å². The molecular formula is C24H29N3O3. The third kappa shape index (κ3) is 4.65. The highest BCUT2D eigenvalue weighted by Crippen LogP contribution is 2.28. The maximum atomic E-state index is 12.6. The summed E-state index contributed by atoms with van der Waals surface area (Å²) in [6, 6.07) is 16.2. The summed E-state index contributed by atoms with van der Waals surface area (Å²) in [6.07, 6.45) is 2.80. The lowest BCUT2D eigenvalue weighted by molar-refractivity contribution is -0.135. The molecule has 1 saturated heterocycles. The van der Waals surface area contributed by atoms with Gasteiger partial charge in [-0.25, -0.2) is 0 Å². The number of hydrogen-bond donors (Lipinski definition) is 2. The van der Waals surface area contributed by atoms with Crippen molar-refractivity contribution < 1.29 is 14.3 Å². The van der Waals surface area contributed by atoms with E-state index in [-0.39, 0.29) is 24.3 Å². The van der Waals surface area contributed by atoms with Crippen LogP contribution in [0.25, 0.3) is 0 Å². The smallest absolute Gasteiger partial charge is 0.237 e.